The molecular formula is C27H22ClN3O4. The molecule has 0 radical (unpaired) electrons. The van der Waals surface area contributed by atoms with Crippen LogP contribution in [0.25, 0.3) is 22.5 Å². The zero-order valence-corrected chi connectivity index (χ0v) is 19.7. The van der Waals surface area contributed by atoms with Gasteiger partial charge in [0.1, 0.15) is 12.6 Å². The summed E-state index contributed by atoms with van der Waals surface area (Å²) in [6.07, 6.45) is -0.796. The molecule has 1 N–H and O–H groups in total. The highest BCUT2D eigenvalue weighted by atomic mass is 35.5. The summed E-state index contributed by atoms with van der Waals surface area (Å²) in [7, 11) is 0. The number of aryl methyl sites for hydroxylation is 1. The lowest BCUT2D eigenvalue weighted by Crippen LogP contribution is -2.41. The number of carbonyl (C=O) groups is 2. The fourth-order valence-corrected chi connectivity index (χ4v) is 4.43. The van der Waals surface area contributed by atoms with Crippen LogP contribution < -0.4 is 5.32 Å². The third-order valence-corrected chi connectivity index (χ3v) is 6.33. The van der Waals surface area contributed by atoms with Crippen molar-refractivity contribution in [3.05, 3.63) is 95.4 Å². The Hall–Kier alpha value is -3.97. The topological polar surface area (TPSA) is 94.3 Å². The van der Waals surface area contributed by atoms with E-state index in [1.165, 1.54) is 0 Å². The number of ether oxygens (including phenoxy) is 1. The van der Waals surface area contributed by atoms with E-state index in [0.717, 1.165) is 33.4 Å². The first-order valence-electron chi connectivity index (χ1n) is 11.2. The first-order chi connectivity index (χ1) is 17.0. The maximum absolute atomic E-state index is 12.6. The molecule has 5 rings (SSSR count). The average molecular weight is 488 g/mol. The van der Waals surface area contributed by atoms with Crippen LogP contribution in [0.5, 0.6) is 0 Å². The van der Waals surface area contributed by atoms with Gasteiger partial charge in [-0.3, -0.25) is 4.79 Å². The minimum Gasteiger partial charge on any atom is -0.449 e. The van der Waals surface area contributed by atoms with Crippen LogP contribution in [0.15, 0.2) is 77.3 Å². The van der Waals surface area contributed by atoms with E-state index in [9.17, 15) is 9.59 Å². The molecule has 1 unspecified atom stereocenters. The maximum Gasteiger partial charge on any atom is 0.407 e. The molecule has 176 valence electrons. The van der Waals surface area contributed by atoms with Crippen LogP contribution >= 0.6 is 11.6 Å². The van der Waals surface area contributed by atoms with Crippen LogP contribution in [0.2, 0.25) is 0 Å². The van der Waals surface area contributed by atoms with Crippen molar-refractivity contribution in [1.82, 2.24) is 15.5 Å². The lowest BCUT2D eigenvalue weighted by atomic mass is 9.98. The second kappa shape index (κ2) is 9.72. The Bertz CT molecular complexity index is 1340. The van der Waals surface area contributed by atoms with E-state index in [-0.39, 0.29) is 24.8 Å². The molecule has 1 amide bonds. The molecule has 1 aliphatic carbocycles. The van der Waals surface area contributed by atoms with Crippen molar-refractivity contribution in [2.45, 2.75) is 25.3 Å². The van der Waals surface area contributed by atoms with Crippen LogP contribution in [0.4, 0.5) is 4.79 Å². The molecule has 8 heteroatoms. The lowest BCUT2D eigenvalue weighted by molar-refractivity contribution is -0.113. The number of halogens is 1. The highest BCUT2D eigenvalue weighted by Crippen LogP contribution is 2.44. The number of rotatable bonds is 7. The number of nitrogens with one attached hydrogen (secondary N) is 1. The van der Waals surface area contributed by atoms with E-state index in [4.69, 9.17) is 20.9 Å². The van der Waals surface area contributed by atoms with Gasteiger partial charge in [-0.15, -0.1) is 0 Å². The van der Waals surface area contributed by atoms with Crippen LogP contribution in [-0.2, 0) is 16.0 Å². The largest absolute Gasteiger partial charge is 0.449 e. The Morgan fingerprint density at radius 1 is 1.00 bits per heavy atom. The summed E-state index contributed by atoms with van der Waals surface area (Å²) in [4.78, 5) is 28.9. The minimum absolute atomic E-state index is 0.0502. The summed E-state index contributed by atoms with van der Waals surface area (Å²) < 4.78 is 10.8. The molecule has 0 saturated carbocycles. The molecule has 0 saturated heterocycles. The Balaban J connectivity index is 1.23. The molecule has 0 spiro atoms. The van der Waals surface area contributed by atoms with Crippen molar-refractivity contribution in [2.24, 2.45) is 0 Å². The highest BCUT2D eigenvalue weighted by molar-refractivity contribution is 6.64. The van der Waals surface area contributed by atoms with Crippen LogP contribution in [0, 0.1) is 6.92 Å². The number of hydrogen-bond acceptors (Lipinski definition) is 6. The molecule has 0 bridgehead atoms. The summed E-state index contributed by atoms with van der Waals surface area (Å²) in [5.41, 5.74) is 6.35. The van der Waals surface area contributed by atoms with Gasteiger partial charge in [-0.05, 0) is 40.8 Å². The zero-order chi connectivity index (χ0) is 24.4. The van der Waals surface area contributed by atoms with Crippen molar-refractivity contribution in [2.75, 3.05) is 6.61 Å². The molecule has 3 aromatic carbocycles. The molecule has 1 heterocycles. The standard InChI is InChI=1S/C27H22ClN3O4/c1-16-10-12-17(13-11-16)26-30-24(35-31-26)14-23(25(28)32)29-27(33)34-15-22-20-8-4-2-6-18(20)19-7-3-5-9-21(19)22/h2-13,22-23H,14-15H2,1H3,(H,29,33). The van der Waals surface area contributed by atoms with Gasteiger partial charge in [-0.25, -0.2) is 4.79 Å². The van der Waals surface area contributed by atoms with Gasteiger partial charge < -0.3 is 14.6 Å². The highest BCUT2D eigenvalue weighted by Gasteiger charge is 2.30. The Kier molecular flexibility index (Phi) is 6.33. The number of carbonyl (C=O) groups excluding carboxylic acids is 2. The third kappa shape index (κ3) is 4.81. The maximum atomic E-state index is 12.6. The van der Waals surface area contributed by atoms with Gasteiger partial charge in [0, 0.05) is 11.5 Å². The number of aromatic nitrogens is 2. The van der Waals surface area contributed by atoms with E-state index in [1.807, 2.05) is 67.6 Å². The number of fused-ring (bicyclic) bond motifs is 3. The van der Waals surface area contributed by atoms with E-state index in [0.29, 0.717) is 5.82 Å². The summed E-state index contributed by atoms with van der Waals surface area (Å²) in [6, 6.07) is 22.7. The Morgan fingerprint density at radius 2 is 1.63 bits per heavy atom. The van der Waals surface area contributed by atoms with Gasteiger partial charge in [-0.2, -0.15) is 4.98 Å². The summed E-state index contributed by atoms with van der Waals surface area (Å²) in [5, 5.41) is 5.72. The van der Waals surface area contributed by atoms with E-state index >= 15 is 0 Å². The SMILES string of the molecule is Cc1ccc(-c2noc(CC(NC(=O)OCC3c4ccccc4-c4ccccc43)C(=O)Cl)n2)cc1. The van der Waals surface area contributed by atoms with Gasteiger partial charge in [0.05, 0.1) is 6.42 Å². The minimum atomic E-state index is -1.07. The first-order valence-corrected chi connectivity index (χ1v) is 11.6. The zero-order valence-electron chi connectivity index (χ0n) is 18.9. The van der Waals surface area contributed by atoms with Crippen molar-refractivity contribution < 1.29 is 18.8 Å². The van der Waals surface area contributed by atoms with Crippen molar-refractivity contribution >= 4 is 22.9 Å². The fourth-order valence-electron chi connectivity index (χ4n) is 4.30. The van der Waals surface area contributed by atoms with Crippen LogP contribution in [-0.4, -0.2) is 34.1 Å². The molecule has 1 aliphatic rings. The molecular weight excluding hydrogens is 466 g/mol. The molecule has 35 heavy (non-hydrogen) atoms. The summed E-state index contributed by atoms with van der Waals surface area (Å²) in [6.45, 7) is 2.11. The smallest absolute Gasteiger partial charge is 0.407 e. The number of hydrogen-bond donors (Lipinski definition) is 1. The second-order valence-electron chi connectivity index (χ2n) is 8.41. The Morgan fingerprint density at radius 3 is 2.26 bits per heavy atom. The number of benzene rings is 3. The first kappa shape index (κ1) is 22.8. The van der Waals surface area contributed by atoms with E-state index in [1.54, 1.807) is 0 Å². The van der Waals surface area contributed by atoms with Crippen molar-refractivity contribution in [3.8, 4) is 22.5 Å². The predicted octanol–water partition coefficient (Wildman–Crippen LogP) is 5.26. The quantitative estimate of drug-likeness (QED) is 0.357. The monoisotopic (exact) mass is 487 g/mol. The normalized spacial score (nSPS) is 13.1. The van der Waals surface area contributed by atoms with E-state index < -0.39 is 17.4 Å². The molecule has 0 fully saturated rings. The van der Waals surface area contributed by atoms with Gasteiger partial charge >= 0.3 is 6.09 Å². The number of amides is 1. The Labute approximate surface area is 207 Å². The van der Waals surface area contributed by atoms with Crippen molar-refractivity contribution in [1.29, 1.82) is 0 Å². The van der Waals surface area contributed by atoms with Crippen molar-refractivity contribution in [3.63, 3.8) is 0 Å². The molecule has 1 atom stereocenters. The van der Waals surface area contributed by atoms with E-state index in [2.05, 4.69) is 27.6 Å². The number of alkyl carbamates (subject to hydrolysis) is 1. The number of nitrogens with zero attached hydrogens (tertiary/aromatic N) is 2. The predicted molar refractivity (Wildman–Crippen MR) is 131 cm³/mol. The summed E-state index contributed by atoms with van der Waals surface area (Å²) in [5.74, 6) is 0.478. The summed E-state index contributed by atoms with van der Waals surface area (Å²) >= 11 is 5.74. The molecule has 7 nitrogen and oxygen atoms in total. The molecule has 0 aliphatic heterocycles. The van der Waals surface area contributed by atoms with Gasteiger partial charge in [0.15, 0.2) is 0 Å². The van der Waals surface area contributed by atoms with Gasteiger partial charge in [-0.1, -0.05) is 83.5 Å². The van der Waals surface area contributed by atoms with Crippen LogP contribution in [0.1, 0.15) is 28.5 Å². The van der Waals surface area contributed by atoms with Gasteiger partial charge in [0.25, 0.3) is 0 Å². The molecule has 1 aromatic heterocycles. The van der Waals surface area contributed by atoms with Crippen LogP contribution in [0.3, 0.4) is 0 Å². The van der Waals surface area contributed by atoms with Gasteiger partial charge in [0.2, 0.25) is 17.0 Å². The average Bonchev–Trinajstić information content (AvgIpc) is 3.45. The lowest BCUT2D eigenvalue weighted by Gasteiger charge is -2.16. The molecule has 4 aromatic rings. The second-order valence-corrected chi connectivity index (χ2v) is 8.78. The third-order valence-electron chi connectivity index (χ3n) is 6.07. The fraction of sp³-hybridized carbons (Fsp3) is 0.185.